The molecule has 0 spiro atoms. The van der Waals surface area contributed by atoms with E-state index in [4.69, 9.17) is 4.74 Å². The molecule has 1 atom stereocenters. The summed E-state index contributed by atoms with van der Waals surface area (Å²) in [5.41, 5.74) is 0. The number of esters is 1. The highest BCUT2D eigenvalue weighted by Crippen LogP contribution is 2.02. The molecule has 1 N–H and O–H groups in total. The third-order valence-corrected chi connectivity index (χ3v) is 2.01. The molecular formula is C11H19NO4. The average molecular weight is 229 g/mol. The fourth-order valence-corrected chi connectivity index (χ4v) is 1.02. The predicted octanol–water partition coefficient (Wildman–Crippen LogP) is 1.16. The van der Waals surface area contributed by atoms with E-state index in [0.29, 0.717) is 6.42 Å². The molecule has 2 amide bonds. The van der Waals surface area contributed by atoms with Crippen molar-refractivity contribution in [3.8, 4) is 0 Å². The summed E-state index contributed by atoms with van der Waals surface area (Å²) in [5, 5.41) is 2.14. The first-order chi connectivity index (χ1) is 7.45. The maximum Gasteiger partial charge on any atom is 0.306 e. The van der Waals surface area contributed by atoms with Crippen LogP contribution in [-0.4, -0.2) is 23.9 Å². The van der Waals surface area contributed by atoms with Gasteiger partial charge in [0.25, 0.3) is 0 Å². The van der Waals surface area contributed by atoms with Crippen LogP contribution in [0.1, 0.15) is 46.5 Å². The Morgan fingerprint density at radius 1 is 1.25 bits per heavy atom. The highest BCUT2D eigenvalue weighted by Gasteiger charge is 2.09. The molecule has 0 rings (SSSR count). The van der Waals surface area contributed by atoms with Gasteiger partial charge in [-0.3, -0.25) is 19.7 Å². The van der Waals surface area contributed by atoms with Gasteiger partial charge in [0.05, 0.1) is 6.10 Å². The van der Waals surface area contributed by atoms with Crippen LogP contribution in [0.5, 0.6) is 0 Å². The maximum atomic E-state index is 11.2. The summed E-state index contributed by atoms with van der Waals surface area (Å²) in [6, 6.07) is 0. The van der Waals surface area contributed by atoms with E-state index in [1.54, 1.807) is 0 Å². The average Bonchev–Trinajstić information content (AvgIpc) is 2.16. The van der Waals surface area contributed by atoms with Crippen molar-refractivity contribution in [1.82, 2.24) is 5.32 Å². The van der Waals surface area contributed by atoms with E-state index < -0.39 is 0 Å². The van der Waals surface area contributed by atoms with Crippen molar-refractivity contribution in [3.63, 3.8) is 0 Å². The number of hydrogen-bond acceptors (Lipinski definition) is 4. The molecule has 0 aromatic heterocycles. The Balaban J connectivity index is 3.62. The molecule has 5 nitrogen and oxygen atoms in total. The Labute approximate surface area is 95.5 Å². The van der Waals surface area contributed by atoms with Gasteiger partial charge in [-0.05, 0) is 19.8 Å². The molecule has 0 heterocycles. The summed E-state index contributed by atoms with van der Waals surface area (Å²) in [5.74, 6) is -1.04. The van der Waals surface area contributed by atoms with Gasteiger partial charge < -0.3 is 4.74 Å². The number of rotatable bonds is 6. The zero-order valence-electron chi connectivity index (χ0n) is 10.0. The Kier molecular flexibility index (Phi) is 7.16. The molecule has 0 aliphatic rings. The summed E-state index contributed by atoms with van der Waals surface area (Å²) in [4.78, 5) is 32.7. The van der Waals surface area contributed by atoms with Crippen molar-refractivity contribution in [1.29, 1.82) is 0 Å². The standard InChI is InChI=1S/C11H19NO4/c1-4-8(2)16-11(15)7-5-6-10(14)12-9(3)13/h8H,4-7H2,1-3H3,(H,12,13,14). The fraction of sp³-hybridized carbons (Fsp3) is 0.727. The van der Waals surface area contributed by atoms with Crippen LogP contribution >= 0.6 is 0 Å². The molecule has 0 aromatic rings. The Morgan fingerprint density at radius 2 is 1.88 bits per heavy atom. The van der Waals surface area contributed by atoms with E-state index >= 15 is 0 Å². The van der Waals surface area contributed by atoms with Crippen LogP contribution in [0.3, 0.4) is 0 Å². The van der Waals surface area contributed by atoms with Gasteiger partial charge in [0.15, 0.2) is 0 Å². The first-order valence-corrected chi connectivity index (χ1v) is 5.45. The number of ether oxygens (including phenoxy) is 1. The van der Waals surface area contributed by atoms with Crippen LogP contribution in [0.2, 0.25) is 0 Å². The van der Waals surface area contributed by atoms with Gasteiger partial charge in [-0.2, -0.15) is 0 Å². The summed E-state index contributed by atoms with van der Waals surface area (Å²) in [6.07, 6.45) is 1.45. The molecule has 0 aliphatic heterocycles. The van der Waals surface area contributed by atoms with Crippen molar-refractivity contribution in [2.75, 3.05) is 0 Å². The van der Waals surface area contributed by atoms with E-state index in [9.17, 15) is 14.4 Å². The first kappa shape index (κ1) is 14.6. The van der Waals surface area contributed by atoms with E-state index in [1.165, 1.54) is 6.92 Å². The Bertz CT molecular complexity index is 263. The molecule has 0 aliphatic carbocycles. The lowest BCUT2D eigenvalue weighted by molar-refractivity contribution is -0.148. The van der Waals surface area contributed by atoms with Crippen LogP contribution in [0.15, 0.2) is 0 Å². The van der Waals surface area contributed by atoms with Crippen molar-refractivity contribution >= 4 is 17.8 Å². The van der Waals surface area contributed by atoms with Crippen LogP contribution in [0.25, 0.3) is 0 Å². The minimum Gasteiger partial charge on any atom is -0.463 e. The second-order valence-corrected chi connectivity index (χ2v) is 3.67. The Morgan fingerprint density at radius 3 is 2.38 bits per heavy atom. The third-order valence-electron chi connectivity index (χ3n) is 2.01. The number of hydrogen-bond donors (Lipinski definition) is 1. The number of imide groups is 1. The zero-order chi connectivity index (χ0) is 12.6. The molecule has 0 saturated heterocycles. The lowest BCUT2D eigenvalue weighted by Gasteiger charge is -2.10. The normalized spacial score (nSPS) is 11.7. The van der Waals surface area contributed by atoms with Gasteiger partial charge in [-0.1, -0.05) is 6.92 Å². The van der Waals surface area contributed by atoms with Crippen molar-refractivity contribution in [2.45, 2.75) is 52.6 Å². The molecule has 16 heavy (non-hydrogen) atoms. The predicted molar refractivity (Wildman–Crippen MR) is 58.5 cm³/mol. The van der Waals surface area contributed by atoms with Gasteiger partial charge in [-0.25, -0.2) is 0 Å². The van der Waals surface area contributed by atoms with Crippen LogP contribution in [0, 0.1) is 0 Å². The molecule has 5 heteroatoms. The zero-order valence-corrected chi connectivity index (χ0v) is 10.0. The largest absolute Gasteiger partial charge is 0.463 e. The molecule has 1 unspecified atom stereocenters. The minimum atomic E-state index is -0.382. The fourth-order valence-electron chi connectivity index (χ4n) is 1.02. The lowest BCUT2D eigenvalue weighted by Crippen LogP contribution is -2.27. The minimum absolute atomic E-state index is 0.0847. The van der Waals surface area contributed by atoms with Crippen LogP contribution in [0.4, 0.5) is 0 Å². The lowest BCUT2D eigenvalue weighted by atomic mass is 10.2. The molecule has 0 bridgehead atoms. The summed E-state index contributed by atoms with van der Waals surface area (Å²) < 4.78 is 5.02. The van der Waals surface area contributed by atoms with Gasteiger partial charge in [0, 0.05) is 19.8 Å². The molecule has 0 radical (unpaired) electrons. The molecule has 0 aromatic carbocycles. The second kappa shape index (κ2) is 7.84. The molecular weight excluding hydrogens is 210 g/mol. The number of carbonyl (C=O) groups excluding carboxylic acids is 3. The number of nitrogens with one attached hydrogen (secondary N) is 1. The second-order valence-electron chi connectivity index (χ2n) is 3.67. The highest BCUT2D eigenvalue weighted by atomic mass is 16.5. The SMILES string of the molecule is CCC(C)OC(=O)CCCC(=O)NC(C)=O. The quantitative estimate of drug-likeness (QED) is 0.694. The van der Waals surface area contributed by atoms with Gasteiger partial charge in [0.2, 0.25) is 11.8 Å². The van der Waals surface area contributed by atoms with E-state index in [1.807, 2.05) is 13.8 Å². The van der Waals surface area contributed by atoms with E-state index in [0.717, 1.165) is 6.42 Å². The topological polar surface area (TPSA) is 72.5 Å². The summed E-state index contributed by atoms with van der Waals surface area (Å²) in [7, 11) is 0. The van der Waals surface area contributed by atoms with Gasteiger partial charge >= 0.3 is 5.97 Å². The van der Waals surface area contributed by atoms with Crippen LogP contribution < -0.4 is 5.32 Å². The highest BCUT2D eigenvalue weighted by molar-refractivity contribution is 5.93. The van der Waals surface area contributed by atoms with Gasteiger partial charge in [0.1, 0.15) is 0 Å². The Hall–Kier alpha value is -1.39. The number of amides is 2. The molecule has 0 saturated carbocycles. The maximum absolute atomic E-state index is 11.2. The van der Waals surface area contributed by atoms with Crippen molar-refractivity contribution < 1.29 is 19.1 Å². The van der Waals surface area contributed by atoms with Crippen molar-refractivity contribution in [3.05, 3.63) is 0 Å². The van der Waals surface area contributed by atoms with E-state index in [2.05, 4.69) is 5.32 Å². The summed E-state index contributed by atoms with van der Waals surface area (Å²) >= 11 is 0. The van der Waals surface area contributed by atoms with Gasteiger partial charge in [-0.15, -0.1) is 0 Å². The monoisotopic (exact) mass is 229 g/mol. The number of carbonyl (C=O) groups is 3. The third kappa shape index (κ3) is 7.96. The first-order valence-electron chi connectivity index (χ1n) is 5.45. The van der Waals surface area contributed by atoms with Crippen LogP contribution in [-0.2, 0) is 19.1 Å². The molecule has 0 fully saturated rings. The van der Waals surface area contributed by atoms with Crippen molar-refractivity contribution in [2.24, 2.45) is 0 Å². The van der Waals surface area contributed by atoms with E-state index in [-0.39, 0.29) is 36.7 Å². The molecule has 92 valence electrons. The summed E-state index contributed by atoms with van der Waals surface area (Å²) in [6.45, 7) is 5.02. The smallest absolute Gasteiger partial charge is 0.306 e.